The Bertz CT molecular complexity index is 613. The standard InChI is InChI=1S/C11H6ClFN2O3/c12-5-2-1-3-6(13)9(5)7-4-8(16)10(11(17)18)15-14-7/h1-4H,(H,14,16)(H,17,18). The molecule has 0 aliphatic rings. The van der Waals surface area contributed by atoms with Crippen molar-refractivity contribution in [3.63, 3.8) is 0 Å². The summed E-state index contributed by atoms with van der Waals surface area (Å²) in [5, 5.41) is 25.1. The molecular weight excluding hydrogens is 263 g/mol. The summed E-state index contributed by atoms with van der Waals surface area (Å²) in [7, 11) is 0. The van der Waals surface area contributed by atoms with Crippen LogP contribution in [0.2, 0.25) is 5.02 Å². The van der Waals surface area contributed by atoms with Gasteiger partial charge in [0.2, 0.25) is 5.69 Å². The molecule has 0 bridgehead atoms. The Balaban J connectivity index is 2.59. The van der Waals surface area contributed by atoms with Crippen molar-refractivity contribution in [2.45, 2.75) is 0 Å². The molecule has 0 atom stereocenters. The molecule has 0 radical (unpaired) electrons. The highest BCUT2D eigenvalue weighted by Gasteiger charge is 2.17. The van der Waals surface area contributed by atoms with E-state index in [0.29, 0.717) is 0 Å². The van der Waals surface area contributed by atoms with Crippen molar-refractivity contribution in [1.82, 2.24) is 10.2 Å². The first-order chi connectivity index (χ1) is 8.50. The lowest BCUT2D eigenvalue weighted by Gasteiger charge is -2.05. The molecule has 0 saturated carbocycles. The maximum absolute atomic E-state index is 13.6. The number of carboxylic acid groups (broad SMARTS) is 1. The molecule has 0 fully saturated rings. The SMILES string of the molecule is O=C(O)c1nnc(-c2c(F)cccc2Cl)cc1O. The number of halogens is 2. The molecule has 92 valence electrons. The van der Waals surface area contributed by atoms with Crippen LogP contribution in [-0.2, 0) is 0 Å². The number of carboxylic acids is 1. The van der Waals surface area contributed by atoms with Crippen LogP contribution in [-0.4, -0.2) is 26.4 Å². The second-order valence-electron chi connectivity index (χ2n) is 3.37. The number of hydrogen-bond acceptors (Lipinski definition) is 4. The summed E-state index contributed by atoms with van der Waals surface area (Å²) in [6.45, 7) is 0. The van der Waals surface area contributed by atoms with E-state index in [1.54, 1.807) is 0 Å². The lowest BCUT2D eigenvalue weighted by Crippen LogP contribution is -2.03. The number of aromatic carboxylic acids is 1. The molecule has 0 unspecified atom stereocenters. The maximum atomic E-state index is 13.6. The van der Waals surface area contributed by atoms with Gasteiger partial charge in [-0.2, -0.15) is 0 Å². The number of benzene rings is 1. The van der Waals surface area contributed by atoms with Crippen molar-refractivity contribution in [2.24, 2.45) is 0 Å². The van der Waals surface area contributed by atoms with Gasteiger partial charge in [0.15, 0.2) is 5.75 Å². The summed E-state index contributed by atoms with van der Waals surface area (Å²) >= 11 is 5.81. The van der Waals surface area contributed by atoms with Crippen LogP contribution in [0, 0.1) is 5.82 Å². The van der Waals surface area contributed by atoms with E-state index in [0.717, 1.165) is 6.07 Å². The predicted molar refractivity (Wildman–Crippen MR) is 61.1 cm³/mol. The Kier molecular flexibility index (Phi) is 3.12. The first-order valence-electron chi connectivity index (χ1n) is 4.75. The zero-order valence-electron chi connectivity index (χ0n) is 8.76. The van der Waals surface area contributed by atoms with E-state index in [1.807, 2.05) is 0 Å². The van der Waals surface area contributed by atoms with Gasteiger partial charge in [0.05, 0.1) is 10.6 Å². The average Bonchev–Trinajstić information content (AvgIpc) is 2.28. The highest BCUT2D eigenvalue weighted by Crippen LogP contribution is 2.30. The van der Waals surface area contributed by atoms with Crippen molar-refractivity contribution in [3.8, 4) is 17.0 Å². The van der Waals surface area contributed by atoms with Crippen LogP contribution >= 0.6 is 11.6 Å². The number of aromatic hydroxyl groups is 1. The first kappa shape index (κ1) is 12.3. The van der Waals surface area contributed by atoms with E-state index in [9.17, 15) is 14.3 Å². The maximum Gasteiger partial charge on any atom is 0.360 e. The van der Waals surface area contributed by atoms with Gasteiger partial charge in [-0.15, -0.1) is 10.2 Å². The van der Waals surface area contributed by atoms with E-state index in [1.165, 1.54) is 18.2 Å². The Morgan fingerprint density at radius 1 is 1.33 bits per heavy atom. The quantitative estimate of drug-likeness (QED) is 0.873. The fraction of sp³-hybridized carbons (Fsp3) is 0. The molecule has 0 spiro atoms. The number of rotatable bonds is 2. The van der Waals surface area contributed by atoms with Gasteiger partial charge in [0.25, 0.3) is 0 Å². The highest BCUT2D eigenvalue weighted by atomic mass is 35.5. The molecule has 2 aromatic rings. The summed E-state index contributed by atoms with van der Waals surface area (Å²) in [6.07, 6.45) is 0. The highest BCUT2D eigenvalue weighted by molar-refractivity contribution is 6.33. The summed E-state index contributed by atoms with van der Waals surface area (Å²) in [4.78, 5) is 10.6. The molecule has 0 saturated heterocycles. The predicted octanol–water partition coefficient (Wildman–Crippen LogP) is 2.34. The lowest BCUT2D eigenvalue weighted by molar-refractivity contribution is 0.0685. The Labute approximate surface area is 105 Å². The topological polar surface area (TPSA) is 83.3 Å². The summed E-state index contributed by atoms with van der Waals surface area (Å²) in [6, 6.07) is 5.04. The third-order valence-corrected chi connectivity index (χ3v) is 2.51. The summed E-state index contributed by atoms with van der Waals surface area (Å²) in [5.74, 6) is -2.67. The minimum Gasteiger partial charge on any atom is -0.505 e. The van der Waals surface area contributed by atoms with Gasteiger partial charge in [-0.05, 0) is 12.1 Å². The van der Waals surface area contributed by atoms with E-state index < -0.39 is 23.2 Å². The van der Waals surface area contributed by atoms with Gasteiger partial charge in [0.1, 0.15) is 11.5 Å². The Morgan fingerprint density at radius 2 is 2.06 bits per heavy atom. The van der Waals surface area contributed by atoms with Crippen LogP contribution in [0.4, 0.5) is 4.39 Å². The largest absolute Gasteiger partial charge is 0.505 e. The fourth-order valence-electron chi connectivity index (χ4n) is 1.40. The van der Waals surface area contributed by atoms with Gasteiger partial charge in [-0.1, -0.05) is 17.7 Å². The van der Waals surface area contributed by atoms with E-state index >= 15 is 0 Å². The number of carbonyl (C=O) groups is 1. The molecule has 2 N–H and O–H groups in total. The van der Waals surface area contributed by atoms with Gasteiger partial charge in [0, 0.05) is 6.07 Å². The Hall–Kier alpha value is -2.21. The van der Waals surface area contributed by atoms with Crippen LogP contribution < -0.4 is 0 Å². The minimum absolute atomic E-state index is 0.0411. The number of nitrogens with zero attached hydrogens (tertiary/aromatic N) is 2. The van der Waals surface area contributed by atoms with Crippen molar-refractivity contribution < 1.29 is 19.4 Å². The normalized spacial score (nSPS) is 10.3. The van der Waals surface area contributed by atoms with Crippen molar-refractivity contribution in [3.05, 3.63) is 40.8 Å². The van der Waals surface area contributed by atoms with Crippen LogP contribution in [0.3, 0.4) is 0 Å². The van der Waals surface area contributed by atoms with Crippen molar-refractivity contribution >= 4 is 17.6 Å². The van der Waals surface area contributed by atoms with Crippen LogP contribution in [0.15, 0.2) is 24.3 Å². The summed E-state index contributed by atoms with van der Waals surface area (Å²) < 4.78 is 13.6. The third kappa shape index (κ3) is 2.10. The third-order valence-electron chi connectivity index (χ3n) is 2.20. The molecule has 1 aromatic carbocycles. The van der Waals surface area contributed by atoms with Gasteiger partial charge in [-0.25, -0.2) is 9.18 Å². The van der Waals surface area contributed by atoms with Crippen LogP contribution in [0.1, 0.15) is 10.5 Å². The number of aromatic nitrogens is 2. The summed E-state index contributed by atoms with van der Waals surface area (Å²) in [5.41, 5.74) is -0.689. The molecular formula is C11H6ClFN2O3. The van der Waals surface area contributed by atoms with Crippen molar-refractivity contribution in [1.29, 1.82) is 0 Å². The smallest absolute Gasteiger partial charge is 0.360 e. The van der Waals surface area contributed by atoms with Gasteiger partial charge < -0.3 is 10.2 Å². The van der Waals surface area contributed by atoms with E-state index in [4.69, 9.17) is 16.7 Å². The minimum atomic E-state index is -1.42. The van der Waals surface area contributed by atoms with Gasteiger partial charge in [-0.3, -0.25) is 0 Å². The molecule has 7 heteroatoms. The zero-order chi connectivity index (χ0) is 13.3. The molecule has 1 aromatic heterocycles. The van der Waals surface area contributed by atoms with Gasteiger partial charge >= 0.3 is 5.97 Å². The van der Waals surface area contributed by atoms with E-state index in [2.05, 4.69) is 10.2 Å². The zero-order valence-corrected chi connectivity index (χ0v) is 9.52. The molecule has 5 nitrogen and oxygen atoms in total. The second kappa shape index (κ2) is 4.58. The average molecular weight is 269 g/mol. The lowest BCUT2D eigenvalue weighted by atomic mass is 10.1. The Morgan fingerprint density at radius 3 is 2.61 bits per heavy atom. The molecule has 2 rings (SSSR count). The van der Waals surface area contributed by atoms with Crippen LogP contribution in [0.5, 0.6) is 5.75 Å². The monoisotopic (exact) mass is 268 g/mol. The number of hydrogen-bond donors (Lipinski definition) is 2. The molecule has 0 amide bonds. The molecule has 1 heterocycles. The van der Waals surface area contributed by atoms with E-state index in [-0.39, 0.29) is 16.3 Å². The van der Waals surface area contributed by atoms with Crippen molar-refractivity contribution in [2.75, 3.05) is 0 Å². The first-order valence-corrected chi connectivity index (χ1v) is 5.13. The fourth-order valence-corrected chi connectivity index (χ4v) is 1.66. The van der Waals surface area contributed by atoms with Crippen LogP contribution in [0.25, 0.3) is 11.3 Å². The second-order valence-corrected chi connectivity index (χ2v) is 3.77. The molecule has 0 aliphatic carbocycles. The molecule has 0 aliphatic heterocycles. The molecule has 18 heavy (non-hydrogen) atoms.